The summed E-state index contributed by atoms with van der Waals surface area (Å²) < 4.78 is 7.55. The van der Waals surface area contributed by atoms with Crippen molar-refractivity contribution in [2.24, 2.45) is 5.92 Å². The highest BCUT2D eigenvalue weighted by Gasteiger charge is 2.10. The number of hydrogen-bond acceptors (Lipinski definition) is 2. The van der Waals surface area contributed by atoms with Crippen LogP contribution in [0.4, 0.5) is 0 Å². The molecule has 0 aromatic carbocycles. The van der Waals surface area contributed by atoms with E-state index in [4.69, 9.17) is 4.42 Å². The molecule has 0 atom stereocenters. The number of aliphatic hydroxyl groups excluding tert-OH is 1. The standard InChI is InChI=1S/C14H19NO2/c1-11(2)9-15-12(5-6-13(15)10-16)8-14-4-3-7-17-14/h3-7,11,16H,8-10H2,1-2H3. The number of furan rings is 1. The summed E-state index contributed by atoms with van der Waals surface area (Å²) in [5.74, 6) is 1.51. The average molecular weight is 233 g/mol. The van der Waals surface area contributed by atoms with Crippen molar-refractivity contribution >= 4 is 0 Å². The first-order valence-electron chi connectivity index (χ1n) is 6.01. The van der Waals surface area contributed by atoms with E-state index in [1.807, 2.05) is 18.2 Å². The van der Waals surface area contributed by atoms with Crippen molar-refractivity contribution in [3.63, 3.8) is 0 Å². The highest BCUT2D eigenvalue weighted by Crippen LogP contribution is 2.16. The lowest BCUT2D eigenvalue weighted by atomic mass is 10.2. The predicted octanol–water partition coefficient (Wildman–Crippen LogP) is 2.82. The predicted molar refractivity (Wildman–Crippen MR) is 66.7 cm³/mol. The number of nitrogens with zero attached hydrogens (tertiary/aromatic N) is 1. The minimum atomic E-state index is 0.0882. The molecule has 2 rings (SSSR count). The van der Waals surface area contributed by atoms with Crippen LogP contribution >= 0.6 is 0 Å². The number of rotatable bonds is 5. The van der Waals surface area contributed by atoms with Crippen molar-refractivity contribution < 1.29 is 9.52 Å². The van der Waals surface area contributed by atoms with Crippen LogP contribution in [0.1, 0.15) is 31.0 Å². The molecule has 0 amide bonds. The monoisotopic (exact) mass is 233 g/mol. The third-order valence-electron chi connectivity index (χ3n) is 2.81. The molecule has 0 unspecified atom stereocenters. The van der Waals surface area contributed by atoms with Crippen LogP contribution in [0.25, 0.3) is 0 Å². The maximum absolute atomic E-state index is 9.33. The van der Waals surface area contributed by atoms with Gasteiger partial charge in [0.25, 0.3) is 0 Å². The van der Waals surface area contributed by atoms with Gasteiger partial charge in [-0.3, -0.25) is 0 Å². The second-order valence-electron chi connectivity index (χ2n) is 4.73. The fraction of sp³-hybridized carbons (Fsp3) is 0.429. The summed E-state index contributed by atoms with van der Waals surface area (Å²) in [7, 11) is 0. The Labute approximate surface area is 102 Å². The maximum Gasteiger partial charge on any atom is 0.109 e. The number of aromatic nitrogens is 1. The smallest absolute Gasteiger partial charge is 0.109 e. The highest BCUT2D eigenvalue weighted by molar-refractivity contribution is 5.20. The molecule has 0 spiro atoms. The summed E-state index contributed by atoms with van der Waals surface area (Å²) in [5, 5.41) is 9.33. The zero-order valence-electron chi connectivity index (χ0n) is 10.4. The van der Waals surface area contributed by atoms with E-state index >= 15 is 0 Å². The molecule has 0 radical (unpaired) electrons. The molecule has 3 nitrogen and oxygen atoms in total. The van der Waals surface area contributed by atoms with Gasteiger partial charge in [-0.15, -0.1) is 0 Å². The molecule has 0 bridgehead atoms. The van der Waals surface area contributed by atoms with Crippen LogP contribution in [0.15, 0.2) is 34.9 Å². The van der Waals surface area contributed by atoms with Crippen molar-refractivity contribution in [3.8, 4) is 0 Å². The van der Waals surface area contributed by atoms with E-state index in [1.54, 1.807) is 6.26 Å². The molecule has 2 aromatic heterocycles. The van der Waals surface area contributed by atoms with Crippen molar-refractivity contribution in [2.75, 3.05) is 0 Å². The quantitative estimate of drug-likeness (QED) is 0.862. The van der Waals surface area contributed by atoms with Gasteiger partial charge in [0.1, 0.15) is 5.76 Å². The third kappa shape index (κ3) is 2.80. The largest absolute Gasteiger partial charge is 0.469 e. The summed E-state index contributed by atoms with van der Waals surface area (Å²) in [6, 6.07) is 7.93. The zero-order chi connectivity index (χ0) is 12.3. The molecule has 0 saturated heterocycles. The van der Waals surface area contributed by atoms with Gasteiger partial charge in [-0.1, -0.05) is 13.8 Å². The molecular weight excluding hydrogens is 214 g/mol. The van der Waals surface area contributed by atoms with Gasteiger partial charge in [0, 0.05) is 24.4 Å². The minimum Gasteiger partial charge on any atom is -0.469 e. The van der Waals surface area contributed by atoms with Gasteiger partial charge in [0.2, 0.25) is 0 Å². The van der Waals surface area contributed by atoms with Gasteiger partial charge in [-0.25, -0.2) is 0 Å². The SMILES string of the molecule is CC(C)Cn1c(CO)ccc1Cc1ccco1. The fourth-order valence-electron chi connectivity index (χ4n) is 2.04. The average Bonchev–Trinajstić information content (AvgIpc) is 2.90. The van der Waals surface area contributed by atoms with E-state index < -0.39 is 0 Å². The van der Waals surface area contributed by atoms with Crippen LogP contribution in [-0.4, -0.2) is 9.67 Å². The van der Waals surface area contributed by atoms with Gasteiger partial charge in [0.15, 0.2) is 0 Å². The molecule has 0 fully saturated rings. The van der Waals surface area contributed by atoms with E-state index in [0.717, 1.165) is 24.4 Å². The summed E-state index contributed by atoms with van der Waals surface area (Å²) in [5.41, 5.74) is 2.16. The Morgan fingerprint density at radius 2 is 2.00 bits per heavy atom. The lowest BCUT2D eigenvalue weighted by molar-refractivity contribution is 0.267. The first-order valence-corrected chi connectivity index (χ1v) is 6.01. The fourth-order valence-corrected chi connectivity index (χ4v) is 2.04. The van der Waals surface area contributed by atoms with Crippen molar-refractivity contribution in [1.29, 1.82) is 0 Å². The normalized spacial score (nSPS) is 11.3. The molecule has 3 heteroatoms. The Balaban J connectivity index is 2.23. The number of hydrogen-bond donors (Lipinski definition) is 1. The zero-order valence-corrected chi connectivity index (χ0v) is 10.4. The first kappa shape index (κ1) is 12.0. The lowest BCUT2D eigenvalue weighted by Gasteiger charge is -2.14. The second-order valence-corrected chi connectivity index (χ2v) is 4.73. The van der Waals surface area contributed by atoms with Crippen LogP contribution in [0.2, 0.25) is 0 Å². The van der Waals surface area contributed by atoms with E-state index in [2.05, 4.69) is 24.5 Å². The van der Waals surface area contributed by atoms with Crippen LogP contribution in [0.5, 0.6) is 0 Å². The van der Waals surface area contributed by atoms with Crippen LogP contribution in [0, 0.1) is 5.92 Å². The van der Waals surface area contributed by atoms with Crippen molar-refractivity contribution in [2.45, 2.75) is 33.4 Å². The van der Waals surface area contributed by atoms with E-state index in [1.165, 1.54) is 5.69 Å². The van der Waals surface area contributed by atoms with Crippen molar-refractivity contribution in [1.82, 2.24) is 4.57 Å². The molecule has 17 heavy (non-hydrogen) atoms. The Morgan fingerprint density at radius 1 is 1.24 bits per heavy atom. The van der Waals surface area contributed by atoms with Gasteiger partial charge in [-0.05, 0) is 30.2 Å². The summed E-state index contributed by atoms with van der Waals surface area (Å²) in [6.07, 6.45) is 2.47. The molecule has 1 N–H and O–H groups in total. The Hall–Kier alpha value is -1.48. The number of aliphatic hydroxyl groups is 1. The molecule has 0 aliphatic carbocycles. The van der Waals surface area contributed by atoms with E-state index in [0.29, 0.717) is 5.92 Å². The molecule has 2 heterocycles. The van der Waals surface area contributed by atoms with E-state index in [9.17, 15) is 5.11 Å². The minimum absolute atomic E-state index is 0.0882. The third-order valence-corrected chi connectivity index (χ3v) is 2.81. The Morgan fingerprint density at radius 3 is 2.59 bits per heavy atom. The molecule has 0 saturated carbocycles. The first-order chi connectivity index (χ1) is 8.20. The Bertz CT molecular complexity index is 455. The van der Waals surface area contributed by atoms with Gasteiger partial charge >= 0.3 is 0 Å². The second kappa shape index (κ2) is 5.23. The topological polar surface area (TPSA) is 38.3 Å². The van der Waals surface area contributed by atoms with Gasteiger partial charge in [-0.2, -0.15) is 0 Å². The molecular formula is C14H19NO2. The van der Waals surface area contributed by atoms with Crippen LogP contribution in [-0.2, 0) is 19.6 Å². The Kier molecular flexibility index (Phi) is 3.69. The molecule has 2 aromatic rings. The molecule has 0 aliphatic heterocycles. The van der Waals surface area contributed by atoms with E-state index in [-0.39, 0.29) is 6.61 Å². The van der Waals surface area contributed by atoms with Gasteiger partial charge in [0.05, 0.1) is 12.9 Å². The molecule has 92 valence electrons. The van der Waals surface area contributed by atoms with Crippen LogP contribution < -0.4 is 0 Å². The summed E-state index contributed by atoms with van der Waals surface area (Å²) >= 11 is 0. The lowest BCUT2D eigenvalue weighted by Crippen LogP contribution is -2.11. The molecule has 0 aliphatic rings. The van der Waals surface area contributed by atoms with Crippen LogP contribution in [0.3, 0.4) is 0 Å². The summed E-state index contributed by atoms with van der Waals surface area (Å²) in [4.78, 5) is 0. The summed E-state index contributed by atoms with van der Waals surface area (Å²) in [6.45, 7) is 5.37. The maximum atomic E-state index is 9.33. The van der Waals surface area contributed by atoms with Crippen molar-refractivity contribution in [3.05, 3.63) is 47.7 Å². The van der Waals surface area contributed by atoms with Gasteiger partial charge < -0.3 is 14.1 Å². The highest BCUT2D eigenvalue weighted by atomic mass is 16.3.